The highest BCUT2D eigenvalue weighted by Gasteiger charge is 2.29. The summed E-state index contributed by atoms with van der Waals surface area (Å²) in [6.07, 6.45) is 3.51. The quantitative estimate of drug-likeness (QED) is 0.389. The van der Waals surface area contributed by atoms with E-state index in [1.165, 1.54) is 40.6 Å². The molecule has 0 radical (unpaired) electrons. The van der Waals surface area contributed by atoms with E-state index in [-0.39, 0.29) is 22.2 Å². The highest BCUT2D eigenvalue weighted by molar-refractivity contribution is 7.93. The van der Waals surface area contributed by atoms with Gasteiger partial charge in [-0.15, -0.1) is 0 Å². The Bertz CT molecular complexity index is 1360. The van der Waals surface area contributed by atoms with Crippen LogP contribution in [0.25, 0.3) is 11.0 Å². The summed E-state index contributed by atoms with van der Waals surface area (Å²) in [6.45, 7) is 0.474. The molecule has 4 rings (SSSR count). The molecule has 12 heteroatoms. The molecule has 0 aliphatic rings. The average Bonchev–Trinajstić information content (AvgIpc) is 3.47. The van der Waals surface area contributed by atoms with Gasteiger partial charge in [-0.2, -0.15) is 5.10 Å². The van der Waals surface area contributed by atoms with Gasteiger partial charge in [0, 0.05) is 24.5 Å². The van der Waals surface area contributed by atoms with Gasteiger partial charge in [0.15, 0.2) is 16.3 Å². The van der Waals surface area contributed by atoms with Crippen LogP contribution in [0.15, 0.2) is 52.1 Å². The van der Waals surface area contributed by atoms with Crippen LogP contribution in [0.5, 0.6) is 23.0 Å². The fraction of sp³-hybridized carbons (Fsp3) is 0.238. The van der Waals surface area contributed by atoms with Crippen molar-refractivity contribution in [1.82, 2.24) is 14.9 Å². The van der Waals surface area contributed by atoms with Gasteiger partial charge in [-0.25, -0.2) is 8.42 Å². The number of methoxy groups -OCH3 is 4. The van der Waals surface area contributed by atoms with E-state index in [1.807, 2.05) is 12.3 Å². The van der Waals surface area contributed by atoms with Gasteiger partial charge >= 0.3 is 0 Å². The molecule has 11 nitrogen and oxygen atoms in total. The lowest BCUT2D eigenvalue weighted by atomic mass is 10.1. The second-order valence-corrected chi connectivity index (χ2v) is 8.49. The number of hydrogen-bond donors (Lipinski definition) is 1. The van der Waals surface area contributed by atoms with Crippen molar-refractivity contribution < 1.29 is 31.9 Å². The van der Waals surface area contributed by atoms with Gasteiger partial charge in [0.1, 0.15) is 28.4 Å². The first-order valence-electron chi connectivity index (χ1n) is 9.66. The molecule has 0 unspecified atom stereocenters. The van der Waals surface area contributed by atoms with Crippen molar-refractivity contribution in [3.63, 3.8) is 0 Å². The minimum atomic E-state index is -4.21. The molecule has 0 aliphatic heterocycles. The normalized spacial score (nSPS) is 11.4. The van der Waals surface area contributed by atoms with Gasteiger partial charge < -0.3 is 23.5 Å². The predicted octanol–water partition coefficient (Wildman–Crippen LogP) is 2.91. The molecule has 1 N–H and O–H groups in total. The minimum absolute atomic E-state index is 0.0348. The average molecular weight is 474 g/mol. The van der Waals surface area contributed by atoms with Crippen LogP contribution in [0.3, 0.4) is 0 Å². The maximum Gasteiger partial charge on any atom is 0.270 e. The van der Waals surface area contributed by atoms with E-state index in [9.17, 15) is 8.42 Å². The molecule has 2 heterocycles. The molecular weight excluding hydrogens is 452 g/mol. The smallest absolute Gasteiger partial charge is 0.270 e. The fourth-order valence-electron chi connectivity index (χ4n) is 3.41. The zero-order chi connectivity index (χ0) is 23.6. The van der Waals surface area contributed by atoms with Gasteiger partial charge in [0.25, 0.3) is 10.0 Å². The molecule has 0 fully saturated rings. The number of aromatic nitrogens is 3. The van der Waals surface area contributed by atoms with Crippen molar-refractivity contribution in [2.45, 2.75) is 11.4 Å². The van der Waals surface area contributed by atoms with E-state index < -0.39 is 10.0 Å². The molecule has 2 aromatic carbocycles. The van der Waals surface area contributed by atoms with Crippen LogP contribution >= 0.6 is 0 Å². The highest BCUT2D eigenvalue weighted by Crippen LogP contribution is 2.40. The lowest BCUT2D eigenvalue weighted by Crippen LogP contribution is -2.16. The standard InChI is InChI=1S/C21H22N4O7S/c1-28-14-10-17(30-3)20(18(11-14)31-4)33(26,27)24-21-19-15(29-2)8-13(9-16(19)32-23-21)12-25-7-5-6-22-25/h5-11H,12H2,1-4H3,(H,23,24). The SMILES string of the molecule is COc1cc(OC)c(S(=O)(=O)Nc2noc3cc(Cn4cccn4)cc(OC)c23)c(OC)c1. The summed E-state index contributed by atoms with van der Waals surface area (Å²) in [4.78, 5) is -0.210. The Morgan fingerprint density at radius 2 is 1.67 bits per heavy atom. The monoisotopic (exact) mass is 474 g/mol. The van der Waals surface area contributed by atoms with E-state index in [4.69, 9.17) is 23.5 Å². The summed E-state index contributed by atoms with van der Waals surface area (Å²) >= 11 is 0. The van der Waals surface area contributed by atoms with Crippen LogP contribution in [0.2, 0.25) is 0 Å². The molecule has 0 aliphatic carbocycles. The molecule has 0 bridgehead atoms. The Kier molecular flexibility index (Phi) is 6.01. The van der Waals surface area contributed by atoms with E-state index in [1.54, 1.807) is 23.0 Å². The van der Waals surface area contributed by atoms with E-state index >= 15 is 0 Å². The first kappa shape index (κ1) is 22.3. The number of rotatable bonds is 9. The van der Waals surface area contributed by atoms with Crippen LogP contribution in [0, 0.1) is 0 Å². The van der Waals surface area contributed by atoms with E-state index in [0.29, 0.717) is 29.0 Å². The maximum absolute atomic E-state index is 13.3. The first-order valence-corrected chi connectivity index (χ1v) is 11.1. The topological polar surface area (TPSA) is 127 Å². The zero-order valence-electron chi connectivity index (χ0n) is 18.4. The summed E-state index contributed by atoms with van der Waals surface area (Å²) in [6, 6.07) is 8.23. The molecule has 174 valence electrons. The third kappa shape index (κ3) is 4.24. The Morgan fingerprint density at radius 3 is 2.24 bits per heavy atom. The van der Waals surface area contributed by atoms with Gasteiger partial charge in [-0.3, -0.25) is 9.40 Å². The summed E-state index contributed by atoms with van der Waals surface area (Å²) in [7, 11) is 1.42. The summed E-state index contributed by atoms with van der Waals surface area (Å²) < 4.78 is 57.5. The molecule has 2 aromatic heterocycles. The Hall–Kier alpha value is -3.93. The second kappa shape index (κ2) is 8.90. The van der Waals surface area contributed by atoms with Crippen molar-refractivity contribution in [3.05, 3.63) is 48.3 Å². The van der Waals surface area contributed by atoms with Gasteiger partial charge in [0.2, 0.25) is 0 Å². The number of ether oxygens (including phenoxy) is 4. The van der Waals surface area contributed by atoms with Crippen molar-refractivity contribution in [3.8, 4) is 23.0 Å². The van der Waals surface area contributed by atoms with Crippen molar-refractivity contribution >= 4 is 26.8 Å². The molecule has 4 aromatic rings. The van der Waals surface area contributed by atoms with E-state index in [2.05, 4.69) is 15.0 Å². The molecule has 0 saturated heterocycles. The van der Waals surface area contributed by atoms with Crippen molar-refractivity contribution in [2.24, 2.45) is 0 Å². The third-order valence-corrected chi connectivity index (χ3v) is 6.29. The number of anilines is 1. The Labute approximate surface area is 189 Å². The molecule has 0 atom stereocenters. The first-order chi connectivity index (χ1) is 15.9. The zero-order valence-corrected chi connectivity index (χ0v) is 19.2. The molecule has 0 saturated carbocycles. The Balaban J connectivity index is 1.76. The molecule has 0 amide bonds. The fourth-order valence-corrected chi connectivity index (χ4v) is 4.72. The van der Waals surface area contributed by atoms with Gasteiger partial charge in [0.05, 0.1) is 35.0 Å². The number of sulfonamides is 1. The lowest BCUT2D eigenvalue weighted by molar-refractivity contribution is 0.359. The third-order valence-electron chi connectivity index (χ3n) is 4.89. The minimum Gasteiger partial charge on any atom is -0.496 e. The lowest BCUT2D eigenvalue weighted by Gasteiger charge is -2.15. The van der Waals surface area contributed by atoms with Crippen LogP contribution in [0.4, 0.5) is 5.82 Å². The number of hydrogen-bond acceptors (Lipinski definition) is 9. The summed E-state index contributed by atoms with van der Waals surface area (Å²) in [5.74, 6) is 0.815. The predicted molar refractivity (Wildman–Crippen MR) is 119 cm³/mol. The number of nitrogens with zero attached hydrogens (tertiary/aromatic N) is 3. The number of benzene rings is 2. The second-order valence-electron chi connectivity index (χ2n) is 6.87. The molecule has 33 heavy (non-hydrogen) atoms. The van der Waals surface area contributed by atoms with Gasteiger partial charge in [-0.05, 0) is 23.8 Å². The summed E-state index contributed by atoms with van der Waals surface area (Å²) in [5, 5.41) is 8.48. The summed E-state index contributed by atoms with van der Waals surface area (Å²) in [5.41, 5.74) is 1.19. The van der Waals surface area contributed by atoms with Crippen LogP contribution in [-0.2, 0) is 16.6 Å². The number of fused-ring (bicyclic) bond motifs is 1. The number of nitrogens with one attached hydrogen (secondary N) is 1. The van der Waals surface area contributed by atoms with Crippen LogP contribution in [0.1, 0.15) is 5.56 Å². The van der Waals surface area contributed by atoms with Gasteiger partial charge in [-0.1, -0.05) is 5.16 Å². The van der Waals surface area contributed by atoms with Crippen LogP contribution < -0.4 is 23.7 Å². The molecule has 0 spiro atoms. The van der Waals surface area contributed by atoms with Crippen molar-refractivity contribution in [1.29, 1.82) is 0 Å². The van der Waals surface area contributed by atoms with Crippen LogP contribution in [-0.4, -0.2) is 51.8 Å². The van der Waals surface area contributed by atoms with E-state index in [0.717, 1.165) is 5.56 Å². The highest BCUT2D eigenvalue weighted by atomic mass is 32.2. The Morgan fingerprint density at radius 1 is 0.970 bits per heavy atom. The molecular formula is C21H22N4O7S. The largest absolute Gasteiger partial charge is 0.496 e. The maximum atomic E-state index is 13.3. The van der Waals surface area contributed by atoms with Crippen molar-refractivity contribution in [2.75, 3.05) is 33.2 Å².